The highest BCUT2D eigenvalue weighted by molar-refractivity contribution is 5.93. The lowest BCUT2D eigenvalue weighted by Gasteiger charge is -2.32. The number of carbonyl (C=O) groups is 1. The molecule has 1 amide bonds. The van der Waals surface area contributed by atoms with Gasteiger partial charge in [0.25, 0.3) is 17.0 Å². The third-order valence-electron chi connectivity index (χ3n) is 4.94. The zero-order valence-corrected chi connectivity index (χ0v) is 15.4. The van der Waals surface area contributed by atoms with Gasteiger partial charge in [0.05, 0.1) is 6.33 Å². The van der Waals surface area contributed by atoms with Gasteiger partial charge in [-0.15, -0.1) is 0 Å². The van der Waals surface area contributed by atoms with E-state index < -0.39 is 34.6 Å². The van der Waals surface area contributed by atoms with Gasteiger partial charge in [-0.1, -0.05) is 0 Å². The number of aromatic nitrogens is 4. The largest absolute Gasteiger partial charge is 0.433 e. The summed E-state index contributed by atoms with van der Waals surface area (Å²) in [6, 6.07) is 0.463. The van der Waals surface area contributed by atoms with Gasteiger partial charge in [0.1, 0.15) is 5.56 Å². The summed E-state index contributed by atoms with van der Waals surface area (Å²) in [4.78, 5) is 55.0. The highest BCUT2D eigenvalue weighted by Crippen LogP contribution is 2.26. The molecule has 0 bridgehead atoms. The molecule has 0 aromatic carbocycles. The van der Waals surface area contributed by atoms with Crippen LogP contribution in [0.15, 0.2) is 33.0 Å². The second-order valence-corrected chi connectivity index (χ2v) is 6.87. The van der Waals surface area contributed by atoms with E-state index in [-0.39, 0.29) is 18.0 Å². The predicted molar refractivity (Wildman–Crippen MR) is 94.4 cm³/mol. The van der Waals surface area contributed by atoms with Crippen LogP contribution in [0.4, 0.5) is 13.2 Å². The van der Waals surface area contributed by atoms with Crippen molar-refractivity contribution in [2.75, 3.05) is 13.1 Å². The summed E-state index contributed by atoms with van der Waals surface area (Å²) < 4.78 is 39.7. The fourth-order valence-corrected chi connectivity index (χ4v) is 3.20. The Bertz CT molecular complexity index is 1090. The lowest BCUT2D eigenvalue weighted by molar-refractivity contribution is -0.141. The van der Waals surface area contributed by atoms with Crippen molar-refractivity contribution in [3.8, 4) is 0 Å². The van der Waals surface area contributed by atoms with Crippen LogP contribution in [-0.4, -0.2) is 43.0 Å². The van der Waals surface area contributed by atoms with E-state index in [0.29, 0.717) is 32.0 Å². The maximum absolute atomic E-state index is 12.6. The zero-order chi connectivity index (χ0) is 21.3. The number of carbonyl (C=O) groups excluding carboxylic acids is 1. The normalized spacial score (nSPS) is 15.5. The number of rotatable bonds is 3. The Morgan fingerprint density at radius 1 is 1.24 bits per heavy atom. The molecule has 0 unspecified atom stereocenters. The monoisotopic (exact) mass is 413 g/mol. The molecule has 0 atom stereocenters. The molecule has 1 aliphatic heterocycles. The van der Waals surface area contributed by atoms with Gasteiger partial charge < -0.3 is 9.88 Å². The van der Waals surface area contributed by atoms with E-state index in [2.05, 4.69) is 9.97 Å². The smallest absolute Gasteiger partial charge is 0.338 e. The summed E-state index contributed by atoms with van der Waals surface area (Å²) in [6.45, 7) is 0.815. The first-order chi connectivity index (χ1) is 13.6. The first kappa shape index (κ1) is 20.6. The second kappa shape index (κ2) is 7.68. The number of likely N-dealkylation sites (tertiary alicyclic amines) is 1. The quantitative estimate of drug-likeness (QED) is 0.773. The van der Waals surface area contributed by atoms with Gasteiger partial charge in [-0.2, -0.15) is 13.2 Å². The summed E-state index contributed by atoms with van der Waals surface area (Å²) in [5, 5.41) is 0. The number of amides is 1. The lowest BCUT2D eigenvalue weighted by Crippen LogP contribution is -2.44. The molecule has 1 N–H and O–H groups in total. The Balaban J connectivity index is 1.65. The molecule has 0 aliphatic carbocycles. The van der Waals surface area contributed by atoms with Gasteiger partial charge in [-0.25, -0.2) is 9.78 Å². The van der Waals surface area contributed by atoms with Gasteiger partial charge in [0, 0.05) is 38.9 Å². The highest BCUT2D eigenvalue weighted by atomic mass is 19.4. The number of aromatic amines is 1. The Morgan fingerprint density at radius 3 is 2.48 bits per heavy atom. The number of nitrogens with one attached hydrogen (secondary N) is 1. The van der Waals surface area contributed by atoms with Crippen LogP contribution in [0.25, 0.3) is 0 Å². The van der Waals surface area contributed by atoms with Gasteiger partial charge in [0.15, 0.2) is 5.69 Å². The minimum atomic E-state index is -4.68. The predicted octanol–water partition coefficient (Wildman–Crippen LogP) is 0.202. The van der Waals surface area contributed by atoms with Crippen LogP contribution in [0.5, 0.6) is 0 Å². The first-order valence-electron chi connectivity index (χ1n) is 8.79. The van der Waals surface area contributed by atoms with Crippen LogP contribution >= 0.6 is 0 Å². The molecule has 2 aromatic heterocycles. The van der Waals surface area contributed by atoms with E-state index in [9.17, 15) is 32.3 Å². The molecule has 0 saturated carbocycles. The van der Waals surface area contributed by atoms with Crippen molar-refractivity contribution in [2.24, 2.45) is 13.0 Å². The average Bonchev–Trinajstić information content (AvgIpc) is 2.67. The summed E-state index contributed by atoms with van der Waals surface area (Å²) in [7, 11) is 1.26. The van der Waals surface area contributed by atoms with E-state index in [1.807, 2.05) is 0 Å². The third kappa shape index (κ3) is 4.30. The minimum absolute atomic E-state index is 0.0336. The maximum Gasteiger partial charge on any atom is 0.433 e. The Hall–Kier alpha value is -3.18. The van der Waals surface area contributed by atoms with Crippen LogP contribution in [0, 0.1) is 5.92 Å². The Morgan fingerprint density at radius 2 is 1.90 bits per heavy atom. The van der Waals surface area contributed by atoms with E-state index in [1.54, 1.807) is 0 Å². The number of hydrogen-bond donors (Lipinski definition) is 1. The molecule has 1 aliphatic rings. The fraction of sp³-hybridized carbons (Fsp3) is 0.471. The number of piperidine rings is 1. The second-order valence-electron chi connectivity index (χ2n) is 6.87. The molecule has 2 aromatic rings. The number of hydrogen-bond acceptors (Lipinski definition) is 5. The van der Waals surface area contributed by atoms with Crippen molar-refractivity contribution in [3.05, 3.63) is 61.0 Å². The molecule has 29 heavy (non-hydrogen) atoms. The summed E-state index contributed by atoms with van der Waals surface area (Å²) in [6.07, 6.45) is -1.70. The molecule has 0 radical (unpaired) electrons. The molecular formula is C17H18F3N5O4. The van der Waals surface area contributed by atoms with Crippen molar-refractivity contribution in [1.82, 2.24) is 24.0 Å². The molecular weight excluding hydrogens is 395 g/mol. The van der Waals surface area contributed by atoms with Gasteiger partial charge in [-0.3, -0.25) is 23.5 Å². The maximum atomic E-state index is 12.6. The van der Waals surface area contributed by atoms with Gasteiger partial charge in [0.2, 0.25) is 0 Å². The number of alkyl halides is 3. The Labute approximate surface area is 161 Å². The molecule has 1 fully saturated rings. The van der Waals surface area contributed by atoms with E-state index in [4.69, 9.17) is 0 Å². The molecule has 3 heterocycles. The zero-order valence-electron chi connectivity index (χ0n) is 15.4. The van der Waals surface area contributed by atoms with Crippen molar-refractivity contribution in [1.29, 1.82) is 0 Å². The standard InChI is InChI=1S/C17H18F3N5O4/c1-23-14(27)11(7-21-16(23)29)15(28)24-4-2-10(3-5-24)8-25-9-22-12(6-13(25)26)17(18,19)20/h6-7,9-10H,2-5,8H2,1H3,(H,21,29). The first-order valence-corrected chi connectivity index (χ1v) is 8.79. The topological polar surface area (TPSA) is 110 Å². The van der Waals surface area contributed by atoms with Gasteiger partial charge in [-0.05, 0) is 18.8 Å². The van der Waals surface area contributed by atoms with Gasteiger partial charge >= 0.3 is 11.9 Å². The summed E-state index contributed by atoms with van der Waals surface area (Å²) in [5.74, 6) is -0.539. The summed E-state index contributed by atoms with van der Waals surface area (Å²) >= 11 is 0. The fourth-order valence-electron chi connectivity index (χ4n) is 3.20. The van der Waals surface area contributed by atoms with Crippen LogP contribution in [-0.2, 0) is 19.8 Å². The van der Waals surface area contributed by atoms with Crippen molar-refractivity contribution in [2.45, 2.75) is 25.6 Å². The average molecular weight is 413 g/mol. The molecule has 12 heteroatoms. The highest BCUT2D eigenvalue weighted by Gasteiger charge is 2.33. The van der Waals surface area contributed by atoms with E-state index in [0.717, 1.165) is 21.7 Å². The minimum Gasteiger partial charge on any atom is -0.338 e. The molecule has 1 saturated heterocycles. The summed E-state index contributed by atoms with van der Waals surface area (Å²) in [5.41, 5.74) is -3.48. The van der Waals surface area contributed by atoms with Crippen molar-refractivity contribution < 1.29 is 18.0 Å². The number of halogens is 3. The van der Waals surface area contributed by atoms with E-state index >= 15 is 0 Å². The molecule has 9 nitrogen and oxygen atoms in total. The van der Waals surface area contributed by atoms with E-state index in [1.165, 1.54) is 11.9 Å². The number of nitrogens with zero attached hydrogens (tertiary/aromatic N) is 4. The van der Waals surface area contributed by atoms with Crippen LogP contribution < -0.4 is 16.8 Å². The van der Waals surface area contributed by atoms with Crippen molar-refractivity contribution in [3.63, 3.8) is 0 Å². The SMILES string of the molecule is Cn1c(=O)[nH]cc(C(=O)N2CCC(Cn3cnc(C(F)(F)F)cc3=O)CC2)c1=O. The molecule has 156 valence electrons. The lowest BCUT2D eigenvalue weighted by atomic mass is 9.96. The molecule has 0 spiro atoms. The van der Waals surface area contributed by atoms with Crippen LogP contribution in [0.3, 0.4) is 0 Å². The van der Waals surface area contributed by atoms with Crippen molar-refractivity contribution >= 4 is 5.91 Å². The third-order valence-corrected chi connectivity index (χ3v) is 4.94. The number of H-pyrrole nitrogens is 1. The van der Waals surface area contributed by atoms with Crippen LogP contribution in [0.2, 0.25) is 0 Å². The van der Waals surface area contributed by atoms with Crippen LogP contribution in [0.1, 0.15) is 28.9 Å². The molecule has 3 rings (SSSR count). The Kier molecular flexibility index (Phi) is 5.44.